The van der Waals surface area contributed by atoms with Gasteiger partial charge < -0.3 is 14.8 Å². The molecule has 0 atom stereocenters. The molecule has 1 amide bonds. The van der Waals surface area contributed by atoms with E-state index in [1.54, 1.807) is 24.3 Å². The molecule has 0 aromatic heterocycles. The summed E-state index contributed by atoms with van der Waals surface area (Å²) in [7, 11) is 1.32. The van der Waals surface area contributed by atoms with Crippen molar-refractivity contribution in [3.63, 3.8) is 0 Å². The second-order valence-electron chi connectivity index (χ2n) is 4.88. The smallest absolute Gasteiger partial charge is 0.307 e. The second-order valence-corrected chi connectivity index (χ2v) is 4.88. The normalized spacial score (nSPS) is 9.96. The Labute approximate surface area is 135 Å². The number of ether oxygens (including phenoxy) is 2. The number of amides is 1. The van der Waals surface area contributed by atoms with Crippen LogP contribution in [0.25, 0.3) is 0 Å². The molecule has 0 heterocycles. The van der Waals surface area contributed by atoms with E-state index >= 15 is 0 Å². The Morgan fingerprint density at radius 3 is 2.57 bits per heavy atom. The summed E-state index contributed by atoms with van der Waals surface area (Å²) in [4.78, 5) is 23.0. The predicted octanol–water partition coefficient (Wildman–Crippen LogP) is 2.56. The van der Waals surface area contributed by atoms with Crippen molar-refractivity contribution in [3.05, 3.63) is 65.7 Å². The van der Waals surface area contributed by atoms with Crippen LogP contribution in [0.2, 0.25) is 0 Å². The number of hydrogen-bond acceptors (Lipinski definition) is 4. The van der Waals surface area contributed by atoms with Crippen molar-refractivity contribution in [3.8, 4) is 5.75 Å². The summed E-state index contributed by atoms with van der Waals surface area (Å²) in [6.45, 7) is 0.675. The molecule has 0 unspecified atom stereocenters. The Balaban J connectivity index is 1.88. The molecule has 2 aromatic carbocycles. The first-order valence-electron chi connectivity index (χ1n) is 7.31. The molecular weight excluding hydrogens is 294 g/mol. The third kappa shape index (κ3) is 5.47. The van der Waals surface area contributed by atoms with E-state index in [4.69, 9.17) is 4.74 Å². The second kappa shape index (κ2) is 8.58. The molecule has 0 aliphatic rings. The lowest BCUT2D eigenvalue weighted by molar-refractivity contribution is -0.140. The molecule has 120 valence electrons. The molecule has 0 aliphatic heterocycles. The van der Waals surface area contributed by atoms with E-state index in [1.807, 2.05) is 30.3 Å². The molecule has 2 aromatic rings. The monoisotopic (exact) mass is 313 g/mol. The topological polar surface area (TPSA) is 64.6 Å². The highest BCUT2D eigenvalue weighted by molar-refractivity contribution is 5.94. The zero-order valence-electron chi connectivity index (χ0n) is 13.0. The molecular formula is C18H19NO4. The Morgan fingerprint density at radius 2 is 1.83 bits per heavy atom. The average Bonchev–Trinajstić information content (AvgIpc) is 2.60. The van der Waals surface area contributed by atoms with Crippen LogP contribution in [-0.4, -0.2) is 25.5 Å². The van der Waals surface area contributed by atoms with Crippen molar-refractivity contribution in [2.75, 3.05) is 13.7 Å². The summed E-state index contributed by atoms with van der Waals surface area (Å²) in [6.07, 6.45) is 0.145. The molecule has 23 heavy (non-hydrogen) atoms. The molecule has 0 saturated carbocycles. The molecule has 0 radical (unpaired) electrons. The molecule has 2 rings (SSSR count). The van der Waals surface area contributed by atoms with Gasteiger partial charge in [-0.25, -0.2) is 0 Å². The van der Waals surface area contributed by atoms with Gasteiger partial charge in [0.2, 0.25) is 0 Å². The van der Waals surface area contributed by atoms with Crippen LogP contribution < -0.4 is 10.1 Å². The maximum Gasteiger partial charge on any atom is 0.307 e. The standard InChI is InChI=1S/C18H19NO4/c1-22-17(20)10-11-19-18(21)15-8-5-9-16(12-15)23-13-14-6-3-2-4-7-14/h2-9,12H,10-11,13H2,1H3,(H,19,21). The van der Waals surface area contributed by atoms with E-state index < -0.39 is 0 Å². The molecule has 5 heteroatoms. The fraction of sp³-hybridized carbons (Fsp3) is 0.222. The van der Waals surface area contributed by atoms with Crippen LogP contribution in [0.1, 0.15) is 22.3 Å². The quantitative estimate of drug-likeness (QED) is 0.798. The molecule has 5 nitrogen and oxygen atoms in total. The van der Waals surface area contributed by atoms with Crippen molar-refractivity contribution in [2.45, 2.75) is 13.0 Å². The Morgan fingerprint density at radius 1 is 1.04 bits per heavy atom. The van der Waals surface area contributed by atoms with Gasteiger partial charge >= 0.3 is 5.97 Å². The lowest BCUT2D eigenvalue weighted by atomic mass is 10.2. The van der Waals surface area contributed by atoms with E-state index in [1.165, 1.54) is 7.11 Å². The van der Waals surface area contributed by atoms with Gasteiger partial charge in [0.05, 0.1) is 13.5 Å². The SMILES string of the molecule is COC(=O)CCNC(=O)c1cccc(OCc2ccccc2)c1. The summed E-state index contributed by atoms with van der Waals surface area (Å²) < 4.78 is 10.2. The fourth-order valence-electron chi connectivity index (χ4n) is 1.95. The predicted molar refractivity (Wildman–Crippen MR) is 86.2 cm³/mol. The first-order valence-corrected chi connectivity index (χ1v) is 7.31. The van der Waals surface area contributed by atoms with Crippen LogP contribution in [0.3, 0.4) is 0 Å². The van der Waals surface area contributed by atoms with Crippen molar-refractivity contribution >= 4 is 11.9 Å². The van der Waals surface area contributed by atoms with Crippen LogP contribution in [-0.2, 0) is 16.1 Å². The lowest BCUT2D eigenvalue weighted by Gasteiger charge is -2.08. The van der Waals surface area contributed by atoms with Gasteiger partial charge in [-0.1, -0.05) is 36.4 Å². The largest absolute Gasteiger partial charge is 0.489 e. The Kier molecular flexibility index (Phi) is 6.17. The van der Waals surface area contributed by atoms with E-state index in [-0.39, 0.29) is 24.8 Å². The number of rotatable bonds is 7. The number of hydrogen-bond donors (Lipinski definition) is 1. The summed E-state index contributed by atoms with van der Waals surface area (Å²) >= 11 is 0. The molecule has 0 fully saturated rings. The van der Waals surface area contributed by atoms with Crippen molar-refractivity contribution in [1.29, 1.82) is 0 Å². The zero-order chi connectivity index (χ0) is 16.5. The van der Waals surface area contributed by atoms with Gasteiger partial charge in [-0.2, -0.15) is 0 Å². The molecule has 1 N–H and O–H groups in total. The third-order valence-corrected chi connectivity index (χ3v) is 3.19. The minimum atomic E-state index is -0.356. The van der Waals surface area contributed by atoms with Gasteiger partial charge in [-0.3, -0.25) is 9.59 Å². The summed E-state index contributed by atoms with van der Waals surface area (Å²) in [5.41, 5.74) is 1.54. The number of carbonyl (C=O) groups is 2. The Bertz CT molecular complexity index is 655. The van der Waals surface area contributed by atoms with Crippen molar-refractivity contribution < 1.29 is 19.1 Å². The van der Waals surface area contributed by atoms with Crippen LogP contribution in [0, 0.1) is 0 Å². The van der Waals surface area contributed by atoms with E-state index in [9.17, 15) is 9.59 Å². The van der Waals surface area contributed by atoms with Crippen LogP contribution in [0.15, 0.2) is 54.6 Å². The van der Waals surface area contributed by atoms with Crippen molar-refractivity contribution in [2.24, 2.45) is 0 Å². The van der Waals surface area contributed by atoms with E-state index in [0.717, 1.165) is 5.56 Å². The van der Waals surface area contributed by atoms with Gasteiger partial charge in [-0.15, -0.1) is 0 Å². The number of esters is 1. The highest BCUT2D eigenvalue weighted by atomic mass is 16.5. The average molecular weight is 313 g/mol. The van der Waals surface area contributed by atoms with Crippen molar-refractivity contribution in [1.82, 2.24) is 5.32 Å². The summed E-state index contributed by atoms with van der Waals surface area (Å²) in [6, 6.07) is 16.7. The van der Waals surface area contributed by atoms with Crippen LogP contribution in [0.4, 0.5) is 0 Å². The number of carbonyl (C=O) groups excluding carboxylic acids is 2. The molecule has 0 spiro atoms. The van der Waals surface area contributed by atoms with E-state index in [2.05, 4.69) is 10.1 Å². The zero-order valence-corrected chi connectivity index (χ0v) is 13.0. The van der Waals surface area contributed by atoms with Gasteiger partial charge in [0.1, 0.15) is 12.4 Å². The maximum absolute atomic E-state index is 12.0. The summed E-state index contributed by atoms with van der Waals surface area (Å²) in [5, 5.41) is 2.67. The van der Waals surface area contributed by atoms with Gasteiger partial charge in [-0.05, 0) is 23.8 Å². The fourth-order valence-corrected chi connectivity index (χ4v) is 1.95. The van der Waals surface area contributed by atoms with Crippen LogP contribution in [0.5, 0.6) is 5.75 Å². The van der Waals surface area contributed by atoms with Gasteiger partial charge in [0, 0.05) is 12.1 Å². The maximum atomic E-state index is 12.0. The number of methoxy groups -OCH3 is 1. The number of nitrogens with one attached hydrogen (secondary N) is 1. The van der Waals surface area contributed by atoms with E-state index in [0.29, 0.717) is 17.9 Å². The molecule has 0 saturated heterocycles. The summed E-state index contributed by atoms with van der Waals surface area (Å²) in [5.74, 6) is 0.0128. The third-order valence-electron chi connectivity index (χ3n) is 3.19. The minimum Gasteiger partial charge on any atom is -0.489 e. The molecule has 0 bridgehead atoms. The Hall–Kier alpha value is -2.82. The highest BCUT2D eigenvalue weighted by Crippen LogP contribution is 2.15. The van der Waals surface area contributed by atoms with Crippen LogP contribution >= 0.6 is 0 Å². The lowest BCUT2D eigenvalue weighted by Crippen LogP contribution is -2.26. The first kappa shape index (κ1) is 16.5. The minimum absolute atomic E-state index is 0.145. The first-order chi connectivity index (χ1) is 11.2. The van der Waals surface area contributed by atoms with Gasteiger partial charge in [0.15, 0.2) is 0 Å². The highest BCUT2D eigenvalue weighted by Gasteiger charge is 2.08. The van der Waals surface area contributed by atoms with Gasteiger partial charge in [0.25, 0.3) is 5.91 Å². The molecule has 0 aliphatic carbocycles. The number of benzene rings is 2.